The first-order valence-electron chi connectivity index (χ1n) is 10.2. The average Bonchev–Trinajstić information content (AvgIpc) is 3.32. The molecular weight excluding hydrogens is 398 g/mol. The summed E-state index contributed by atoms with van der Waals surface area (Å²) in [7, 11) is -1.42. The van der Waals surface area contributed by atoms with Crippen LogP contribution in [0, 0.1) is 0 Å². The highest BCUT2D eigenvalue weighted by molar-refractivity contribution is 7.90. The third-order valence-corrected chi connectivity index (χ3v) is 7.09. The second kappa shape index (κ2) is 9.04. The van der Waals surface area contributed by atoms with E-state index in [2.05, 4.69) is 16.8 Å². The van der Waals surface area contributed by atoms with Gasteiger partial charge in [-0.25, -0.2) is 12.4 Å². The molecule has 1 aliphatic rings. The van der Waals surface area contributed by atoms with Gasteiger partial charge in [0, 0.05) is 45.1 Å². The van der Waals surface area contributed by atoms with E-state index in [0.717, 1.165) is 49.6 Å². The molecule has 1 aromatic heterocycles. The highest BCUT2D eigenvalue weighted by Gasteiger charge is 2.16. The van der Waals surface area contributed by atoms with Crippen LogP contribution in [0.3, 0.4) is 0 Å². The predicted molar refractivity (Wildman–Crippen MR) is 118 cm³/mol. The SMILES string of the molecule is CN1CCN(CCOc2ccc(-c3cccc(S(=O)(=O)n4cccc4)c3)cc2)CC1. The summed E-state index contributed by atoms with van der Waals surface area (Å²) in [6, 6.07) is 18.2. The number of rotatable bonds is 7. The maximum atomic E-state index is 12.7. The maximum Gasteiger partial charge on any atom is 0.267 e. The predicted octanol–water partition coefficient (Wildman–Crippen LogP) is 3.02. The molecule has 1 saturated heterocycles. The summed E-state index contributed by atoms with van der Waals surface area (Å²) in [6.07, 6.45) is 3.08. The number of likely N-dealkylation sites (N-methyl/N-ethyl adjacent to an activating group) is 1. The van der Waals surface area contributed by atoms with Gasteiger partial charge in [-0.3, -0.25) is 4.90 Å². The highest BCUT2D eigenvalue weighted by Crippen LogP contribution is 2.25. The van der Waals surface area contributed by atoms with E-state index < -0.39 is 10.0 Å². The summed E-state index contributed by atoms with van der Waals surface area (Å²) in [5, 5.41) is 0. The van der Waals surface area contributed by atoms with Crippen LogP contribution >= 0.6 is 0 Å². The third kappa shape index (κ3) is 4.75. The number of hydrogen-bond donors (Lipinski definition) is 0. The van der Waals surface area contributed by atoms with Gasteiger partial charge in [0.2, 0.25) is 0 Å². The van der Waals surface area contributed by atoms with Crippen molar-refractivity contribution in [1.82, 2.24) is 13.8 Å². The molecular formula is C23H27N3O3S. The molecule has 30 heavy (non-hydrogen) atoms. The monoisotopic (exact) mass is 425 g/mol. The third-order valence-electron chi connectivity index (χ3n) is 5.45. The van der Waals surface area contributed by atoms with Crippen molar-refractivity contribution in [3.63, 3.8) is 0 Å². The zero-order valence-corrected chi connectivity index (χ0v) is 18.0. The van der Waals surface area contributed by atoms with Crippen LogP contribution in [0.15, 0.2) is 78.0 Å². The van der Waals surface area contributed by atoms with Crippen molar-refractivity contribution in [1.29, 1.82) is 0 Å². The Morgan fingerprint density at radius 3 is 2.27 bits per heavy atom. The van der Waals surface area contributed by atoms with E-state index in [1.807, 2.05) is 30.3 Å². The number of hydrogen-bond acceptors (Lipinski definition) is 5. The summed E-state index contributed by atoms with van der Waals surface area (Å²) >= 11 is 0. The van der Waals surface area contributed by atoms with Crippen molar-refractivity contribution in [3.8, 4) is 16.9 Å². The second-order valence-electron chi connectivity index (χ2n) is 7.56. The fraction of sp³-hybridized carbons (Fsp3) is 0.304. The van der Waals surface area contributed by atoms with Crippen molar-refractivity contribution in [3.05, 3.63) is 73.1 Å². The molecule has 0 spiro atoms. The Morgan fingerprint density at radius 2 is 1.57 bits per heavy atom. The molecule has 7 heteroatoms. The molecule has 6 nitrogen and oxygen atoms in total. The number of nitrogens with zero attached hydrogens (tertiary/aromatic N) is 3. The zero-order chi connectivity index (χ0) is 21.0. The van der Waals surface area contributed by atoms with E-state index in [1.54, 1.807) is 30.3 Å². The van der Waals surface area contributed by atoms with E-state index >= 15 is 0 Å². The Labute approximate surface area is 178 Å². The molecule has 0 radical (unpaired) electrons. The normalized spacial score (nSPS) is 15.9. The lowest BCUT2D eigenvalue weighted by atomic mass is 10.1. The Kier molecular flexibility index (Phi) is 6.22. The van der Waals surface area contributed by atoms with Crippen LogP contribution in [-0.2, 0) is 10.0 Å². The lowest BCUT2D eigenvalue weighted by Crippen LogP contribution is -2.45. The molecule has 0 amide bonds. The van der Waals surface area contributed by atoms with Gasteiger partial charge in [-0.05, 0) is 54.6 Å². The number of aromatic nitrogens is 1. The molecule has 0 atom stereocenters. The highest BCUT2D eigenvalue weighted by atomic mass is 32.2. The molecule has 0 bridgehead atoms. The molecule has 1 fully saturated rings. The van der Waals surface area contributed by atoms with Gasteiger partial charge < -0.3 is 9.64 Å². The smallest absolute Gasteiger partial charge is 0.267 e. The van der Waals surface area contributed by atoms with Crippen molar-refractivity contribution < 1.29 is 13.2 Å². The van der Waals surface area contributed by atoms with Gasteiger partial charge in [0.15, 0.2) is 0 Å². The van der Waals surface area contributed by atoms with Crippen LogP contribution in [0.1, 0.15) is 0 Å². The summed E-state index contributed by atoms with van der Waals surface area (Å²) in [6.45, 7) is 5.96. The Bertz CT molecular complexity index is 1060. The second-order valence-corrected chi connectivity index (χ2v) is 9.41. The average molecular weight is 426 g/mol. The van der Waals surface area contributed by atoms with Gasteiger partial charge in [0.05, 0.1) is 4.90 Å². The van der Waals surface area contributed by atoms with Crippen LogP contribution in [0.5, 0.6) is 5.75 Å². The first-order valence-corrected chi connectivity index (χ1v) is 11.6. The quantitative estimate of drug-likeness (QED) is 0.583. The van der Waals surface area contributed by atoms with Crippen LogP contribution in [0.25, 0.3) is 11.1 Å². The van der Waals surface area contributed by atoms with E-state index in [0.29, 0.717) is 6.61 Å². The number of piperazine rings is 1. The van der Waals surface area contributed by atoms with Gasteiger partial charge in [-0.2, -0.15) is 0 Å². The molecule has 0 saturated carbocycles. The molecule has 0 aliphatic carbocycles. The molecule has 158 valence electrons. The Hall–Kier alpha value is -2.61. The topological polar surface area (TPSA) is 54.8 Å². The summed E-state index contributed by atoms with van der Waals surface area (Å²) in [5.41, 5.74) is 1.80. The van der Waals surface area contributed by atoms with Gasteiger partial charge in [0.1, 0.15) is 12.4 Å². The van der Waals surface area contributed by atoms with E-state index in [9.17, 15) is 8.42 Å². The minimum absolute atomic E-state index is 0.267. The van der Waals surface area contributed by atoms with Gasteiger partial charge in [0.25, 0.3) is 10.0 Å². The molecule has 0 N–H and O–H groups in total. The Morgan fingerprint density at radius 1 is 0.867 bits per heavy atom. The van der Waals surface area contributed by atoms with Crippen LogP contribution in [0.2, 0.25) is 0 Å². The molecule has 0 unspecified atom stereocenters. The van der Waals surface area contributed by atoms with Crippen LogP contribution in [-0.4, -0.2) is 68.6 Å². The van der Waals surface area contributed by atoms with E-state index in [4.69, 9.17) is 4.74 Å². The first-order chi connectivity index (χ1) is 14.5. The largest absolute Gasteiger partial charge is 0.492 e. The molecule has 2 heterocycles. The standard InChI is InChI=1S/C23H27N3O3S/c1-24-13-15-25(16-14-24)17-18-29-22-9-7-20(8-10-22)21-5-4-6-23(19-21)30(27,28)26-11-2-3-12-26/h2-12,19H,13-18H2,1H3. The zero-order valence-electron chi connectivity index (χ0n) is 17.1. The van der Waals surface area contributed by atoms with E-state index in [1.165, 1.54) is 16.4 Å². The lowest BCUT2D eigenvalue weighted by Gasteiger charge is -2.32. The van der Waals surface area contributed by atoms with Crippen molar-refractivity contribution >= 4 is 10.0 Å². The summed E-state index contributed by atoms with van der Waals surface area (Å²) < 4.78 is 32.6. The molecule has 1 aliphatic heterocycles. The number of benzene rings is 2. The minimum Gasteiger partial charge on any atom is -0.492 e. The molecule has 3 aromatic rings. The van der Waals surface area contributed by atoms with Gasteiger partial charge >= 0.3 is 0 Å². The molecule has 4 rings (SSSR count). The summed E-state index contributed by atoms with van der Waals surface area (Å²) in [4.78, 5) is 5.03. The van der Waals surface area contributed by atoms with Crippen molar-refractivity contribution in [2.75, 3.05) is 46.4 Å². The fourth-order valence-electron chi connectivity index (χ4n) is 3.54. The first kappa shape index (κ1) is 20.7. The summed E-state index contributed by atoms with van der Waals surface area (Å²) in [5.74, 6) is 0.823. The maximum absolute atomic E-state index is 12.7. The van der Waals surface area contributed by atoms with Gasteiger partial charge in [-0.15, -0.1) is 0 Å². The minimum atomic E-state index is -3.58. The molecule has 2 aromatic carbocycles. The van der Waals surface area contributed by atoms with Gasteiger partial charge in [-0.1, -0.05) is 24.3 Å². The van der Waals surface area contributed by atoms with Crippen molar-refractivity contribution in [2.45, 2.75) is 4.90 Å². The lowest BCUT2D eigenvalue weighted by molar-refractivity contribution is 0.134. The van der Waals surface area contributed by atoms with E-state index in [-0.39, 0.29) is 4.90 Å². The van der Waals surface area contributed by atoms with Crippen molar-refractivity contribution in [2.24, 2.45) is 0 Å². The number of ether oxygens (including phenoxy) is 1. The van der Waals surface area contributed by atoms with Crippen LogP contribution < -0.4 is 4.74 Å². The van der Waals surface area contributed by atoms with Crippen LogP contribution in [0.4, 0.5) is 0 Å². The fourth-order valence-corrected chi connectivity index (χ4v) is 4.78. The Balaban J connectivity index is 1.39.